The lowest BCUT2D eigenvalue weighted by Crippen LogP contribution is -2.52. The van der Waals surface area contributed by atoms with Crippen molar-refractivity contribution in [1.82, 2.24) is 20.9 Å². The maximum Gasteiger partial charge on any atom is 0.255 e. The van der Waals surface area contributed by atoms with Gasteiger partial charge in [0.25, 0.3) is 5.91 Å². The van der Waals surface area contributed by atoms with Crippen molar-refractivity contribution in [3.8, 4) is 0 Å². The Morgan fingerprint density at radius 2 is 1.93 bits per heavy atom. The van der Waals surface area contributed by atoms with Gasteiger partial charge in [-0.2, -0.15) is 0 Å². The van der Waals surface area contributed by atoms with E-state index < -0.39 is 6.04 Å². The zero-order chi connectivity index (χ0) is 20.0. The normalized spacial score (nSPS) is 26.4. The van der Waals surface area contributed by atoms with E-state index in [0.29, 0.717) is 30.0 Å². The fourth-order valence-electron chi connectivity index (χ4n) is 5.47. The lowest BCUT2D eigenvalue weighted by Gasteiger charge is -2.50. The first kappa shape index (κ1) is 18.8. The molecular weight excluding hydrogens is 368 g/mol. The maximum atomic E-state index is 12.9. The smallest absolute Gasteiger partial charge is 0.255 e. The van der Waals surface area contributed by atoms with Crippen molar-refractivity contribution < 1.29 is 14.4 Å². The summed E-state index contributed by atoms with van der Waals surface area (Å²) in [5, 5.41) is 9.44. The van der Waals surface area contributed by atoms with Crippen LogP contribution in [-0.4, -0.2) is 47.8 Å². The number of amides is 3. The van der Waals surface area contributed by atoms with E-state index in [9.17, 15) is 14.4 Å². The zero-order valence-corrected chi connectivity index (χ0v) is 16.6. The molecule has 154 valence electrons. The van der Waals surface area contributed by atoms with Gasteiger partial charge in [-0.15, -0.1) is 0 Å². The van der Waals surface area contributed by atoms with Crippen molar-refractivity contribution in [2.45, 2.75) is 63.7 Å². The Morgan fingerprint density at radius 1 is 1.14 bits per heavy atom. The molecule has 7 nitrogen and oxygen atoms in total. The summed E-state index contributed by atoms with van der Waals surface area (Å²) in [6, 6.07) is 6.06. The number of nitrogens with one attached hydrogen (secondary N) is 3. The summed E-state index contributed by atoms with van der Waals surface area (Å²) in [4.78, 5) is 38.1. The molecule has 5 rings (SSSR count). The van der Waals surface area contributed by atoms with Crippen molar-refractivity contribution in [2.75, 3.05) is 13.1 Å². The molecule has 1 aromatic carbocycles. The zero-order valence-electron chi connectivity index (χ0n) is 16.6. The van der Waals surface area contributed by atoms with E-state index in [0.717, 1.165) is 30.8 Å². The Balaban J connectivity index is 1.19. The molecule has 3 heterocycles. The van der Waals surface area contributed by atoms with Crippen LogP contribution in [0.1, 0.15) is 60.0 Å². The molecule has 1 aromatic rings. The number of fused-ring (bicyclic) bond motifs is 1. The highest BCUT2D eigenvalue weighted by Crippen LogP contribution is 2.47. The Morgan fingerprint density at radius 3 is 2.69 bits per heavy atom. The highest BCUT2D eigenvalue weighted by Gasteiger charge is 2.44. The quantitative estimate of drug-likeness (QED) is 0.663. The highest BCUT2D eigenvalue weighted by molar-refractivity contribution is 6.05. The van der Waals surface area contributed by atoms with Crippen LogP contribution < -0.4 is 16.0 Å². The fourth-order valence-corrected chi connectivity index (χ4v) is 5.47. The minimum absolute atomic E-state index is 0.103. The van der Waals surface area contributed by atoms with Crippen LogP contribution in [0.3, 0.4) is 0 Å². The van der Waals surface area contributed by atoms with E-state index in [1.165, 1.54) is 25.7 Å². The van der Waals surface area contributed by atoms with Crippen molar-refractivity contribution in [3.63, 3.8) is 0 Å². The van der Waals surface area contributed by atoms with Crippen LogP contribution in [-0.2, 0) is 22.7 Å². The average Bonchev–Trinajstić information content (AvgIpc) is 3.01. The molecule has 3 N–H and O–H groups in total. The summed E-state index contributed by atoms with van der Waals surface area (Å²) in [6.45, 7) is 3.48. The third-order valence-electron chi connectivity index (χ3n) is 7.21. The number of nitrogens with zero attached hydrogens (tertiary/aromatic N) is 1. The molecule has 1 spiro atoms. The van der Waals surface area contributed by atoms with Gasteiger partial charge in [-0.3, -0.25) is 19.7 Å². The summed E-state index contributed by atoms with van der Waals surface area (Å²) in [5.74, 6) is -0.721. The van der Waals surface area contributed by atoms with E-state index in [2.05, 4.69) is 22.0 Å². The van der Waals surface area contributed by atoms with Gasteiger partial charge in [-0.1, -0.05) is 12.1 Å². The summed E-state index contributed by atoms with van der Waals surface area (Å²) < 4.78 is 0. The van der Waals surface area contributed by atoms with Crippen LogP contribution in [0.2, 0.25) is 0 Å². The minimum Gasteiger partial charge on any atom is -0.322 e. The second kappa shape index (κ2) is 7.22. The van der Waals surface area contributed by atoms with Gasteiger partial charge in [0.2, 0.25) is 11.8 Å². The topological polar surface area (TPSA) is 90.5 Å². The van der Waals surface area contributed by atoms with Gasteiger partial charge in [0.1, 0.15) is 6.04 Å². The highest BCUT2D eigenvalue weighted by atomic mass is 16.2. The molecule has 1 atom stereocenters. The van der Waals surface area contributed by atoms with Crippen LogP contribution >= 0.6 is 0 Å². The molecule has 0 bridgehead atoms. The molecule has 1 aliphatic carbocycles. The number of hydrogen-bond donors (Lipinski definition) is 3. The molecule has 4 aliphatic rings. The van der Waals surface area contributed by atoms with Crippen molar-refractivity contribution >= 4 is 17.7 Å². The minimum atomic E-state index is -0.551. The van der Waals surface area contributed by atoms with Crippen LogP contribution in [0.15, 0.2) is 18.2 Å². The van der Waals surface area contributed by atoms with Crippen molar-refractivity contribution in [3.05, 3.63) is 34.9 Å². The third kappa shape index (κ3) is 3.46. The van der Waals surface area contributed by atoms with Crippen LogP contribution in [0.4, 0.5) is 0 Å². The largest absolute Gasteiger partial charge is 0.322 e. The molecule has 3 fully saturated rings. The fraction of sp³-hybridized carbons (Fsp3) is 0.591. The third-order valence-corrected chi connectivity index (χ3v) is 7.21. The molecule has 3 aliphatic heterocycles. The second-order valence-electron chi connectivity index (χ2n) is 9.13. The van der Waals surface area contributed by atoms with E-state index in [1.54, 1.807) is 4.90 Å². The molecule has 2 saturated heterocycles. The Hall–Kier alpha value is -2.25. The lowest BCUT2D eigenvalue weighted by atomic mass is 9.60. The number of benzene rings is 1. The molecule has 29 heavy (non-hydrogen) atoms. The summed E-state index contributed by atoms with van der Waals surface area (Å²) in [7, 11) is 0. The van der Waals surface area contributed by atoms with E-state index in [4.69, 9.17) is 0 Å². The van der Waals surface area contributed by atoms with Crippen LogP contribution in [0.25, 0.3) is 0 Å². The lowest BCUT2D eigenvalue weighted by molar-refractivity contribution is -0.136. The van der Waals surface area contributed by atoms with Crippen LogP contribution in [0, 0.1) is 5.41 Å². The first-order valence-corrected chi connectivity index (χ1v) is 10.7. The Bertz CT molecular complexity index is 854. The number of carbonyl (C=O) groups excluding carboxylic acids is 3. The molecule has 1 unspecified atom stereocenters. The van der Waals surface area contributed by atoms with Crippen molar-refractivity contribution in [2.24, 2.45) is 5.41 Å². The van der Waals surface area contributed by atoms with Gasteiger partial charge in [-0.05, 0) is 67.8 Å². The van der Waals surface area contributed by atoms with E-state index >= 15 is 0 Å². The molecule has 1 saturated carbocycles. The predicted molar refractivity (Wildman–Crippen MR) is 107 cm³/mol. The Kier molecular flexibility index (Phi) is 4.67. The summed E-state index contributed by atoms with van der Waals surface area (Å²) in [6.07, 6.45) is 5.76. The summed E-state index contributed by atoms with van der Waals surface area (Å²) >= 11 is 0. The first-order valence-electron chi connectivity index (χ1n) is 10.7. The predicted octanol–water partition coefficient (Wildman–Crippen LogP) is 1.07. The van der Waals surface area contributed by atoms with Gasteiger partial charge < -0.3 is 15.5 Å². The van der Waals surface area contributed by atoms with Gasteiger partial charge >= 0.3 is 0 Å². The number of piperidine rings is 2. The molecule has 0 aromatic heterocycles. The van der Waals surface area contributed by atoms with Gasteiger partial charge in [0, 0.05) is 31.1 Å². The molecule has 0 radical (unpaired) electrons. The monoisotopic (exact) mass is 396 g/mol. The molecular formula is C22H28N4O3. The van der Waals surface area contributed by atoms with E-state index in [1.807, 2.05) is 12.1 Å². The van der Waals surface area contributed by atoms with Gasteiger partial charge in [0.15, 0.2) is 0 Å². The van der Waals surface area contributed by atoms with E-state index in [-0.39, 0.29) is 24.1 Å². The summed E-state index contributed by atoms with van der Waals surface area (Å²) in [5.41, 5.74) is 3.31. The first-order chi connectivity index (χ1) is 14.0. The Labute approximate surface area is 170 Å². The maximum absolute atomic E-state index is 12.9. The number of carbonyl (C=O) groups is 3. The number of imide groups is 1. The second-order valence-corrected chi connectivity index (χ2v) is 9.13. The molecule has 3 amide bonds. The molecule has 7 heteroatoms. The number of rotatable bonds is 4. The average molecular weight is 396 g/mol. The van der Waals surface area contributed by atoms with Gasteiger partial charge in [0.05, 0.1) is 0 Å². The van der Waals surface area contributed by atoms with Crippen molar-refractivity contribution in [1.29, 1.82) is 0 Å². The SMILES string of the molecule is O=C1CCC(N2Cc3ccc(CNC4CC5(CCNCC5)C4)cc3C2=O)C(=O)N1. The standard InChI is InChI=1S/C22H28N4O3/c27-19-4-3-18(20(28)25-19)26-13-15-2-1-14(9-17(15)21(26)29)12-24-16-10-22(11-16)5-7-23-8-6-22/h1-2,9,16,18,23-24H,3-8,10-13H2,(H,25,27,28). The van der Waals surface area contributed by atoms with Crippen LogP contribution in [0.5, 0.6) is 0 Å². The number of hydrogen-bond acceptors (Lipinski definition) is 5. The van der Waals surface area contributed by atoms with Gasteiger partial charge in [-0.25, -0.2) is 0 Å².